The lowest BCUT2D eigenvalue weighted by molar-refractivity contribution is -0.145. The van der Waals surface area contributed by atoms with E-state index in [1.165, 1.54) is 6.08 Å². The molecule has 0 aliphatic carbocycles. The van der Waals surface area contributed by atoms with E-state index in [-0.39, 0.29) is 28.8 Å². The number of hydrogen-bond acceptors (Lipinski definition) is 5. The molecule has 0 spiro atoms. The van der Waals surface area contributed by atoms with Gasteiger partial charge < -0.3 is 14.8 Å². The third-order valence-electron chi connectivity index (χ3n) is 3.98. The van der Waals surface area contributed by atoms with Crippen molar-refractivity contribution in [3.63, 3.8) is 0 Å². The standard InChI is InChI=1S/C23H20Cl2N2O4/c1-3-6-16-11-15(9-10-20(16)31-14-21(28)30-4-2)12-17(13-26)23(29)27-19-8-5-7-18(24)22(19)25/h3,5,7-12H,1,4,6,14H2,2H3,(H,27,29)/b17-12-. The summed E-state index contributed by atoms with van der Waals surface area (Å²) in [6.45, 7) is 5.48. The average molecular weight is 459 g/mol. The van der Waals surface area contributed by atoms with Crippen LogP contribution >= 0.6 is 23.2 Å². The van der Waals surface area contributed by atoms with E-state index in [0.717, 1.165) is 5.56 Å². The molecule has 0 atom stereocenters. The minimum atomic E-state index is -0.625. The molecule has 31 heavy (non-hydrogen) atoms. The summed E-state index contributed by atoms with van der Waals surface area (Å²) in [5.74, 6) is -0.613. The van der Waals surface area contributed by atoms with Gasteiger partial charge in [-0.05, 0) is 54.8 Å². The van der Waals surface area contributed by atoms with E-state index in [0.29, 0.717) is 23.4 Å². The van der Waals surface area contributed by atoms with Gasteiger partial charge in [-0.2, -0.15) is 5.26 Å². The van der Waals surface area contributed by atoms with E-state index in [2.05, 4.69) is 11.9 Å². The molecule has 8 heteroatoms. The molecule has 0 saturated carbocycles. The summed E-state index contributed by atoms with van der Waals surface area (Å²) in [6.07, 6.45) is 3.58. The monoisotopic (exact) mass is 458 g/mol. The first-order valence-corrected chi connectivity index (χ1v) is 10.0. The number of nitrogens with zero attached hydrogens (tertiary/aromatic N) is 1. The second-order valence-electron chi connectivity index (χ2n) is 6.18. The fourth-order valence-electron chi connectivity index (χ4n) is 2.59. The molecule has 0 aliphatic rings. The highest BCUT2D eigenvalue weighted by Crippen LogP contribution is 2.30. The first-order valence-electron chi connectivity index (χ1n) is 9.29. The van der Waals surface area contributed by atoms with Gasteiger partial charge in [-0.3, -0.25) is 4.79 Å². The fourth-order valence-corrected chi connectivity index (χ4v) is 2.94. The van der Waals surface area contributed by atoms with Crippen molar-refractivity contribution in [1.82, 2.24) is 0 Å². The Morgan fingerprint density at radius 3 is 2.71 bits per heavy atom. The van der Waals surface area contributed by atoms with E-state index in [1.54, 1.807) is 49.4 Å². The first-order chi connectivity index (χ1) is 14.9. The number of nitrogens with one attached hydrogen (secondary N) is 1. The lowest BCUT2D eigenvalue weighted by Gasteiger charge is -2.11. The van der Waals surface area contributed by atoms with Crippen LogP contribution in [-0.4, -0.2) is 25.1 Å². The van der Waals surface area contributed by atoms with Gasteiger partial charge in [-0.25, -0.2) is 4.79 Å². The lowest BCUT2D eigenvalue weighted by Crippen LogP contribution is -2.15. The quantitative estimate of drug-likeness (QED) is 0.241. The highest BCUT2D eigenvalue weighted by atomic mass is 35.5. The summed E-state index contributed by atoms with van der Waals surface area (Å²) in [6, 6.07) is 11.8. The Balaban J connectivity index is 2.24. The number of nitriles is 1. The summed E-state index contributed by atoms with van der Waals surface area (Å²) in [4.78, 5) is 24.1. The number of ether oxygens (including phenoxy) is 2. The minimum Gasteiger partial charge on any atom is -0.482 e. The Kier molecular flexibility index (Phi) is 9.13. The highest BCUT2D eigenvalue weighted by Gasteiger charge is 2.14. The third kappa shape index (κ3) is 6.88. The molecule has 0 saturated heterocycles. The van der Waals surface area contributed by atoms with E-state index in [9.17, 15) is 14.9 Å². The third-order valence-corrected chi connectivity index (χ3v) is 4.79. The molecular formula is C23H20Cl2N2O4. The van der Waals surface area contributed by atoms with Crippen molar-refractivity contribution in [1.29, 1.82) is 5.26 Å². The van der Waals surface area contributed by atoms with Gasteiger partial charge >= 0.3 is 5.97 Å². The van der Waals surface area contributed by atoms with Crippen LogP contribution in [0.1, 0.15) is 18.1 Å². The van der Waals surface area contributed by atoms with Crippen molar-refractivity contribution in [2.75, 3.05) is 18.5 Å². The van der Waals surface area contributed by atoms with Crippen molar-refractivity contribution in [3.8, 4) is 11.8 Å². The van der Waals surface area contributed by atoms with Crippen LogP contribution in [-0.2, 0) is 20.7 Å². The number of carbonyl (C=O) groups is 2. The van der Waals surface area contributed by atoms with E-state index < -0.39 is 11.9 Å². The first kappa shape index (κ1) is 24.0. The Bertz CT molecular complexity index is 1060. The normalized spacial score (nSPS) is 10.7. The van der Waals surface area contributed by atoms with Gasteiger partial charge in [0, 0.05) is 0 Å². The molecule has 2 aromatic rings. The summed E-state index contributed by atoms with van der Waals surface area (Å²) in [5.41, 5.74) is 1.52. The maximum Gasteiger partial charge on any atom is 0.344 e. The molecule has 0 aromatic heterocycles. The van der Waals surface area contributed by atoms with Gasteiger partial charge in [-0.1, -0.05) is 41.4 Å². The van der Waals surface area contributed by atoms with Gasteiger partial charge in [0.2, 0.25) is 0 Å². The number of anilines is 1. The van der Waals surface area contributed by atoms with Crippen LogP contribution in [0, 0.1) is 11.3 Å². The molecule has 0 unspecified atom stereocenters. The number of halogens is 2. The van der Waals surface area contributed by atoms with Crippen molar-refractivity contribution < 1.29 is 19.1 Å². The molecule has 2 rings (SSSR count). The summed E-state index contributed by atoms with van der Waals surface area (Å²) >= 11 is 12.0. The van der Waals surface area contributed by atoms with Crippen LogP contribution in [0.4, 0.5) is 5.69 Å². The Labute approximate surface area is 190 Å². The van der Waals surface area contributed by atoms with Gasteiger partial charge in [0.25, 0.3) is 5.91 Å². The molecule has 0 radical (unpaired) electrons. The largest absolute Gasteiger partial charge is 0.482 e. The van der Waals surface area contributed by atoms with Crippen LogP contribution in [0.2, 0.25) is 10.0 Å². The SMILES string of the molecule is C=CCc1cc(/C=C(/C#N)C(=O)Nc2cccc(Cl)c2Cl)ccc1OCC(=O)OCC. The zero-order valence-corrected chi connectivity index (χ0v) is 18.3. The molecule has 1 amide bonds. The van der Waals surface area contributed by atoms with Gasteiger partial charge in [0.1, 0.15) is 17.4 Å². The van der Waals surface area contributed by atoms with Crippen molar-refractivity contribution in [2.45, 2.75) is 13.3 Å². The second kappa shape index (κ2) is 11.8. The van der Waals surface area contributed by atoms with Crippen molar-refractivity contribution in [3.05, 3.63) is 75.8 Å². The molecule has 160 valence electrons. The number of esters is 1. The molecule has 0 bridgehead atoms. The predicted octanol–water partition coefficient (Wildman–Crippen LogP) is 5.21. The van der Waals surface area contributed by atoms with Gasteiger partial charge in [0.05, 0.1) is 22.3 Å². The van der Waals surface area contributed by atoms with Crippen LogP contribution in [0.25, 0.3) is 6.08 Å². The molecule has 1 N–H and O–H groups in total. The number of allylic oxidation sites excluding steroid dienone is 1. The summed E-state index contributed by atoms with van der Waals surface area (Å²) in [7, 11) is 0. The smallest absolute Gasteiger partial charge is 0.344 e. The number of benzene rings is 2. The molecular weight excluding hydrogens is 439 g/mol. The Morgan fingerprint density at radius 2 is 2.03 bits per heavy atom. The van der Waals surface area contributed by atoms with E-state index >= 15 is 0 Å². The number of rotatable bonds is 9. The summed E-state index contributed by atoms with van der Waals surface area (Å²) < 4.78 is 10.4. The molecule has 2 aromatic carbocycles. The van der Waals surface area contributed by atoms with Crippen molar-refractivity contribution >= 4 is 46.8 Å². The topological polar surface area (TPSA) is 88.4 Å². The van der Waals surface area contributed by atoms with Gasteiger partial charge in [-0.15, -0.1) is 6.58 Å². The van der Waals surface area contributed by atoms with Crippen LogP contribution in [0.15, 0.2) is 54.6 Å². The van der Waals surface area contributed by atoms with Crippen LogP contribution in [0.3, 0.4) is 0 Å². The van der Waals surface area contributed by atoms with Gasteiger partial charge in [0.15, 0.2) is 6.61 Å². The molecule has 0 heterocycles. The molecule has 0 aliphatic heterocycles. The second-order valence-corrected chi connectivity index (χ2v) is 6.96. The minimum absolute atomic E-state index is 0.124. The zero-order chi connectivity index (χ0) is 22.8. The van der Waals surface area contributed by atoms with E-state index in [1.807, 2.05) is 6.07 Å². The summed E-state index contributed by atoms with van der Waals surface area (Å²) in [5, 5.41) is 12.5. The maximum absolute atomic E-state index is 12.5. The zero-order valence-electron chi connectivity index (χ0n) is 16.8. The van der Waals surface area contributed by atoms with Crippen molar-refractivity contribution in [2.24, 2.45) is 0 Å². The highest BCUT2D eigenvalue weighted by molar-refractivity contribution is 6.44. The number of hydrogen-bond donors (Lipinski definition) is 1. The fraction of sp³-hybridized carbons (Fsp3) is 0.174. The lowest BCUT2D eigenvalue weighted by atomic mass is 10.0. The maximum atomic E-state index is 12.5. The van der Waals surface area contributed by atoms with E-state index in [4.69, 9.17) is 32.7 Å². The molecule has 6 nitrogen and oxygen atoms in total. The van der Waals surface area contributed by atoms with Crippen LogP contribution < -0.4 is 10.1 Å². The Morgan fingerprint density at radius 1 is 1.26 bits per heavy atom. The average Bonchev–Trinajstić information content (AvgIpc) is 2.75. The predicted molar refractivity (Wildman–Crippen MR) is 121 cm³/mol. The Hall–Kier alpha value is -3.27. The molecule has 0 fully saturated rings. The van der Waals surface area contributed by atoms with Crippen LogP contribution in [0.5, 0.6) is 5.75 Å². The number of carbonyl (C=O) groups excluding carboxylic acids is 2. The number of amides is 1.